The zero-order valence-corrected chi connectivity index (χ0v) is 11.3. The van der Waals surface area contributed by atoms with Gasteiger partial charge in [0.1, 0.15) is 5.75 Å². The maximum Gasteiger partial charge on any atom is 0.220 e. The number of carbonyl (C=O) groups is 1. The predicted molar refractivity (Wildman–Crippen MR) is 69.6 cm³/mol. The fourth-order valence-electron chi connectivity index (χ4n) is 2.05. The molecule has 3 heteroatoms. The lowest BCUT2D eigenvalue weighted by atomic mass is 9.91. The van der Waals surface area contributed by atoms with Crippen LogP contribution < -0.4 is 10.1 Å². The molecule has 0 saturated carbocycles. The lowest BCUT2D eigenvalue weighted by Gasteiger charge is -2.16. The first-order valence-electron chi connectivity index (χ1n) is 5.85. The summed E-state index contributed by atoms with van der Waals surface area (Å²) in [5, 5.41) is 2.66. The molecule has 0 aliphatic carbocycles. The zero-order chi connectivity index (χ0) is 13.0. The van der Waals surface area contributed by atoms with Gasteiger partial charge in [-0.1, -0.05) is 13.0 Å². The normalized spacial score (nSPS) is 12.1. The van der Waals surface area contributed by atoms with Crippen LogP contribution >= 0.6 is 0 Å². The van der Waals surface area contributed by atoms with Crippen LogP contribution in [0.4, 0.5) is 0 Å². The van der Waals surface area contributed by atoms with E-state index in [-0.39, 0.29) is 11.8 Å². The summed E-state index contributed by atoms with van der Waals surface area (Å²) >= 11 is 0. The van der Waals surface area contributed by atoms with Crippen LogP contribution in [0.25, 0.3) is 0 Å². The number of benzene rings is 1. The summed E-state index contributed by atoms with van der Waals surface area (Å²) in [6.45, 7) is 6.15. The van der Waals surface area contributed by atoms with Crippen LogP contribution in [0.5, 0.6) is 5.75 Å². The highest BCUT2D eigenvalue weighted by Gasteiger charge is 2.14. The van der Waals surface area contributed by atoms with Crippen molar-refractivity contribution in [2.24, 2.45) is 0 Å². The van der Waals surface area contributed by atoms with Gasteiger partial charge in [0.25, 0.3) is 0 Å². The van der Waals surface area contributed by atoms with E-state index in [0.29, 0.717) is 6.42 Å². The minimum absolute atomic E-state index is 0.0744. The van der Waals surface area contributed by atoms with Gasteiger partial charge in [0.2, 0.25) is 5.91 Å². The van der Waals surface area contributed by atoms with Crippen molar-refractivity contribution in [1.29, 1.82) is 0 Å². The number of aryl methyl sites for hydroxylation is 2. The molecule has 0 radical (unpaired) electrons. The van der Waals surface area contributed by atoms with E-state index in [1.165, 1.54) is 11.1 Å². The second-order valence-electron chi connectivity index (χ2n) is 4.46. The molecule has 1 aromatic rings. The Labute approximate surface area is 103 Å². The summed E-state index contributed by atoms with van der Waals surface area (Å²) in [5.41, 5.74) is 3.49. The highest BCUT2D eigenvalue weighted by Crippen LogP contribution is 2.29. The van der Waals surface area contributed by atoms with Crippen molar-refractivity contribution >= 4 is 5.91 Å². The Balaban J connectivity index is 2.98. The Morgan fingerprint density at radius 2 is 2.00 bits per heavy atom. The van der Waals surface area contributed by atoms with E-state index >= 15 is 0 Å². The van der Waals surface area contributed by atoms with Gasteiger partial charge in [-0.25, -0.2) is 0 Å². The molecule has 0 aliphatic heterocycles. The largest absolute Gasteiger partial charge is 0.496 e. The van der Waals surface area contributed by atoms with Gasteiger partial charge in [0, 0.05) is 13.5 Å². The van der Waals surface area contributed by atoms with E-state index in [0.717, 1.165) is 11.3 Å². The van der Waals surface area contributed by atoms with E-state index in [2.05, 4.69) is 25.2 Å². The third-order valence-electron chi connectivity index (χ3n) is 3.08. The monoisotopic (exact) mass is 235 g/mol. The van der Waals surface area contributed by atoms with Gasteiger partial charge in [0.05, 0.1) is 7.11 Å². The molecular weight excluding hydrogens is 214 g/mol. The summed E-state index contributed by atoms with van der Waals surface area (Å²) in [5.74, 6) is 1.20. The first-order valence-corrected chi connectivity index (χ1v) is 5.85. The van der Waals surface area contributed by atoms with Crippen LogP contribution in [0.15, 0.2) is 12.1 Å². The van der Waals surface area contributed by atoms with Crippen molar-refractivity contribution < 1.29 is 9.53 Å². The SMILES string of the molecule is CNC(=O)CC(C)c1cc(C)c(OC)cc1C. The number of hydrogen-bond donors (Lipinski definition) is 1. The molecule has 0 heterocycles. The minimum atomic E-state index is 0.0744. The molecule has 1 rings (SSSR count). The van der Waals surface area contributed by atoms with Crippen molar-refractivity contribution in [3.05, 3.63) is 28.8 Å². The van der Waals surface area contributed by atoms with Gasteiger partial charge in [-0.2, -0.15) is 0 Å². The molecule has 0 aliphatic rings. The summed E-state index contributed by atoms with van der Waals surface area (Å²) in [6.07, 6.45) is 0.517. The molecular formula is C14H21NO2. The van der Waals surface area contributed by atoms with Crippen LogP contribution in [0.3, 0.4) is 0 Å². The third kappa shape index (κ3) is 3.22. The van der Waals surface area contributed by atoms with E-state index in [9.17, 15) is 4.79 Å². The topological polar surface area (TPSA) is 38.3 Å². The van der Waals surface area contributed by atoms with Crippen molar-refractivity contribution in [2.75, 3.05) is 14.2 Å². The van der Waals surface area contributed by atoms with Gasteiger partial charge in [-0.15, -0.1) is 0 Å². The lowest BCUT2D eigenvalue weighted by Crippen LogP contribution is -2.19. The predicted octanol–water partition coefficient (Wildman–Crippen LogP) is 2.55. The van der Waals surface area contributed by atoms with Gasteiger partial charge in [0.15, 0.2) is 0 Å². The molecule has 0 fully saturated rings. The molecule has 1 aromatic carbocycles. The second-order valence-corrected chi connectivity index (χ2v) is 4.46. The van der Waals surface area contributed by atoms with Gasteiger partial charge in [-0.05, 0) is 42.5 Å². The standard InChI is InChI=1S/C14H21NO2/c1-9-7-13(17-5)11(3)6-12(9)10(2)8-14(16)15-4/h6-7,10H,8H2,1-5H3,(H,15,16). The first kappa shape index (κ1) is 13.6. The Hall–Kier alpha value is -1.51. The number of nitrogens with one attached hydrogen (secondary N) is 1. The highest BCUT2D eigenvalue weighted by atomic mass is 16.5. The summed E-state index contributed by atoms with van der Waals surface area (Å²) < 4.78 is 5.28. The van der Waals surface area contributed by atoms with E-state index in [1.807, 2.05) is 13.0 Å². The van der Waals surface area contributed by atoms with E-state index < -0.39 is 0 Å². The molecule has 1 atom stereocenters. The minimum Gasteiger partial charge on any atom is -0.496 e. The number of carbonyl (C=O) groups excluding carboxylic acids is 1. The van der Waals surface area contributed by atoms with Crippen LogP contribution in [-0.4, -0.2) is 20.1 Å². The van der Waals surface area contributed by atoms with Crippen LogP contribution in [0, 0.1) is 13.8 Å². The summed E-state index contributed by atoms with van der Waals surface area (Å²) in [7, 11) is 3.34. The Bertz CT molecular complexity index is 413. The zero-order valence-electron chi connectivity index (χ0n) is 11.3. The van der Waals surface area contributed by atoms with Gasteiger partial charge < -0.3 is 10.1 Å². The van der Waals surface area contributed by atoms with Gasteiger partial charge in [-0.3, -0.25) is 4.79 Å². The molecule has 1 N–H and O–H groups in total. The molecule has 94 valence electrons. The maximum atomic E-state index is 11.4. The second kappa shape index (κ2) is 5.71. The Morgan fingerprint density at radius 3 is 2.53 bits per heavy atom. The van der Waals surface area contributed by atoms with Crippen molar-refractivity contribution in [1.82, 2.24) is 5.32 Å². The molecule has 0 aromatic heterocycles. The molecule has 0 spiro atoms. The number of amides is 1. The molecule has 17 heavy (non-hydrogen) atoms. The third-order valence-corrected chi connectivity index (χ3v) is 3.08. The van der Waals surface area contributed by atoms with Crippen molar-refractivity contribution in [2.45, 2.75) is 33.1 Å². The maximum absolute atomic E-state index is 11.4. The average molecular weight is 235 g/mol. The van der Waals surface area contributed by atoms with Crippen molar-refractivity contribution in [3.63, 3.8) is 0 Å². The van der Waals surface area contributed by atoms with Gasteiger partial charge >= 0.3 is 0 Å². The number of rotatable bonds is 4. The van der Waals surface area contributed by atoms with Crippen molar-refractivity contribution in [3.8, 4) is 5.75 Å². The average Bonchev–Trinajstić information content (AvgIpc) is 2.31. The summed E-state index contributed by atoms with van der Waals surface area (Å²) in [6, 6.07) is 4.15. The fraction of sp³-hybridized carbons (Fsp3) is 0.500. The Morgan fingerprint density at radius 1 is 1.35 bits per heavy atom. The summed E-state index contributed by atoms with van der Waals surface area (Å²) in [4.78, 5) is 11.4. The first-order chi connectivity index (χ1) is 7.99. The van der Waals surface area contributed by atoms with Crippen LogP contribution in [-0.2, 0) is 4.79 Å². The molecule has 3 nitrogen and oxygen atoms in total. The Kier molecular flexibility index (Phi) is 4.55. The molecule has 1 unspecified atom stereocenters. The fourth-order valence-corrected chi connectivity index (χ4v) is 2.05. The van der Waals surface area contributed by atoms with E-state index in [4.69, 9.17) is 4.74 Å². The lowest BCUT2D eigenvalue weighted by molar-refractivity contribution is -0.120. The quantitative estimate of drug-likeness (QED) is 0.871. The molecule has 1 amide bonds. The number of methoxy groups -OCH3 is 1. The van der Waals surface area contributed by atoms with Crippen LogP contribution in [0.2, 0.25) is 0 Å². The van der Waals surface area contributed by atoms with E-state index in [1.54, 1.807) is 14.2 Å². The smallest absolute Gasteiger partial charge is 0.220 e. The number of hydrogen-bond acceptors (Lipinski definition) is 2. The number of ether oxygens (including phenoxy) is 1. The van der Waals surface area contributed by atoms with Crippen LogP contribution in [0.1, 0.15) is 36.0 Å². The molecule has 0 bridgehead atoms. The highest BCUT2D eigenvalue weighted by molar-refractivity contribution is 5.76. The molecule has 0 saturated heterocycles.